The number of carboxylic acids is 1. The van der Waals surface area contributed by atoms with Crippen molar-refractivity contribution in [3.63, 3.8) is 0 Å². The first-order valence-electron chi connectivity index (χ1n) is 6.67. The molecule has 0 aliphatic rings. The smallest absolute Gasteiger partial charge is 0.0267 e. The molecule has 1 aromatic carbocycles. The van der Waals surface area contributed by atoms with Crippen LogP contribution in [0, 0.1) is 0 Å². The first-order valence-corrected chi connectivity index (χ1v) is 10.6. The summed E-state index contributed by atoms with van der Waals surface area (Å²) in [4.78, 5) is 17.8. The molecule has 0 radical (unpaired) electrons. The minimum Gasteiger partial charge on any atom is -0.265 e. The van der Waals surface area contributed by atoms with Crippen molar-refractivity contribution in [3.8, 4) is 5.75 Å². The fourth-order valence-electron chi connectivity index (χ4n) is 1.22. The molecule has 5 nitrogen and oxygen atoms in total. The summed E-state index contributed by atoms with van der Waals surface area (Å²) in [5, 5.41) is 18.8. The standard InChI is InChI=1S/C7H6O3.2C5H5N.ClH.Zn/c8-6-3-1-5(2-4-6)7(9)10;2*1-2-4-6-5-3-1;;/h1-4,8H,(H,9,10);2*1-5H;1H;/q;;;;+2/p-2. The zero-order valence-electron chi connectivity index (χ0n) is 12.8. The van der Waals surface area contributed by atoms with Gasteiger partial charge in [0.2, 0.25) is 0 Å². The summed E-state index contributed by atoms with van der Waals surface area (Å²) in [7, 11) is 4.76. The van der Waals surface area contributed by atoms with Gasteiger partial charge in [0.05, 0.1) is 5.56 Å². The van der Waals surface area contributed by atoms with Gasteiger partial charge in [0.15, 0.2) is 0 Å². The third-order valence-corrected chi connectivity index (χ3v) is 2.23. The van der Waals surface area contributed by atoms with Crippen LogP contribution in [0.25, 0.3) is 0 Å². The van der Waals surface area contributed by atoms with Gasteiger partial charge in [0.1, 0.15) is 0 Å². The molecule has 0 aliphatic heterocycles. The molecule has 0 amide bonds. The summed E-state index contributed by atoms with van der Waals surface area (Å²) in [5.41, 5.74) is 0.139. The fourth-order valence-corrected chi connectivity index (χ4v) is 1.22. The second-order valence-electron chi connectivity index (χ2n) is 3.88. The molecule has 1 N–H and O–H groups in total. The Balaban J connectivity index is 0.000000328. The van der Waals surface area contributed by atoms with E-state index in [9.17, 15) is 9.90 Å². The summed E-state index contributed by atoms with van der Waals surface area (Å²) >= 11 is 0.847. The van der Waals surface area contributed by atoms with Crippen molar-refractivity contribution < 1.29 is 32.3 Å². The molecular formula is C17H15ClN2O3Zn. The average molecular weight is 396 g/mol. The summed E-state index contributed by atoms with van der Waals surface area (Å²) in [6.45, 7) is 0. The number of aromatic carboxylic acids is 1. The largest absolute Gasteiger partial charge is 0.265 e. The van der Waals surface area contributed by atoms with Gasteiger partial charge in [-0.05, 0) is 36.4 Å². The number of carboxylic acid groups (broad SMARTS) is 1. The maximum Gasteiger partial charge on any atom is 0.0267 e. The quantitative estimate of drug-likeness (QED) is 0.638. The second kappa shape index (κ2) is 15.6. The fraction of sp³-hybridized carbons (Fsp3) is 0. The van der Waals surface area contributed by atoms with Crippen molar-refractivity contribution >= 4 is 15.7 Å². The Hall–Kier alpha value is -2.30. The Morgan fingerprint density at radius 3 is 1.42 bits per heavy atom. The Morgan fingerprint density at radius 1 is 0.833 bits per heavy atom. The molecule has 120 valence electrons. The van der Waals surface area contributed by atoms with Crippen LogP contribution in [-0.2, 0) is 17.3 Å². The van der Waals surface area contributed by atoms with Gasteiger partial charge < -0.3 is 10.2 Å². The molecule has 2 heterocycles. The summed E-state index contributed by atoms with van der Waals surface area (Å²) < 4.78 is 0. The van der Waals surface area contributed by atoms with E-state index in [1.807, 2.05) is 36.4 Å². The average Bonchev–Trinajstić information content (AvgIpc) is 2.67. The SMILES string of the molecule is O=C(O)c1ccc([O-])cc1.[Cl][Zn+].c1ccncc1.c1ccncc1. The summed E-state index contributed by atoms with van der Waals surface area (Å²) in [5.74, 6) is -1.19. The third kappa shape index (κ3) is 12.3. The van der Waals surface area contributed by atoms with Gasteiger partial charge in [0, 0.05) is 24.8 Å². The van der Waals surface area contributed by atoms with Crippen molar-refractivity contribution in [1.29, 1.82) is 0 Å². The first kappa shape index (κ1) is 21.7. The van der Waals surface area contributed by atoms with Crippen molar-refractivity contribution in [1.82, 2.24) is 9.97 Å². The van der Waals surface area contributed by atoms with E-state index in [1.165, 1.54) is 24.3 Å². The molecule has 0 bridgehead atoms. The normalized spacial score (nSPS) is 8.12. The van der Waals surface area contributed by atoms with Crippen LogP contribution in [0.1, 0.15) is 10.4 Å². The number of rotatable bonds is 1. The maximum atomic E-state index is 10.5. The van der Waals surface area contributed by atoms with Crippen LogP contribution >= 0.6 is 9.69 Å². The van der Waals surface area contributed by atoms with Crippen molar-refractivity contribution in [3.05, 3.63) is 91.0 Å². The Morgan fingerprint density at radius 2 is 1.21 bits per heavy atom. The Labute approximate surface area is 154 Å². The molecule has 2 aromatic heterocycles. The zero-order chi connectivity index (χ0) is 18.0. The minimum absolute atomic E-state index is 0.139. The van der Waals surface area contributed by atoms with Crippen molar-refractivity contribution in [2.75, 3.05) is 0 Å². The number of aromatic nitrogens is 2. The minimum atomic E-state index is -1.01. The second-order valence-corrected chi connectivity index (χ2v) is 3.88. The van der Waals surface area contributed by atoms with E-state index in [4.69, 9.17) is 14.8 Å². The van der Waals surface area contributed by atoms with Crippen molar-refractivity contribution in [2.24, 2.45) is 0 Å². The van der Waals surface area contributed by atoms with E-state index in [0.717, 1.165) is 17.3 Å². The van der Waals surface area contributed by atoms with Gasteiger partial charge >= 0.3 is 33.0 Å². The molecule has 0 fully saturated rings. The first-order chi connectivity index (χ1) is 11.7. The molecule has 0 atom stereocenters. The van der Waals surface area contributed by atoms with E-state index in [1.54, 1.807) is 24.8 Å². The maximum absolute atomic E-state index is 10.5. The van der Waals surface area contributed by atoms with Gasteiger partial charge in [-0.3, -0.25) is 9.97 Å². The van der Waals surface area contributed by atoms with Crippen LogP contribution in [-0.4, -0.2) is 21.0 Å². The number of carbonyl (C=O) groups is 1. The molecule has 7 heteroatoms. The van der Waals surface area contributed by atoms with Crippen LogP contribution in [0.3, 0.4) is 0 Å². The van der Waals surface area contributed by atoms with E-state index < -0.39 is 5.97 Å². The number of hydrogen-bond acceptors (Lipinski definition) is 4. The van der Waals surface area contributed by atoms with E-state index in [0.29, 0.717) is 0 Å². The van der Waals surface area contributed by atoms with Gasteiger partial charge in [-0.25, -0.2) is 4.79 Å². The number of pyridine rings is 2. The molecule has 0 saturated heterocycles. The third-order valence-electron chi connectivity index (χ3n) is 2.23. The van der Waals surface area contributed by atoms with E-state index in [2.05, 4.69) is 9.97 Å². The van der Waals surface area contributed by atoms with Gasteiger partial charge in [-0.1, -0.05) is 24.3 Å². The van der Waals surface area contributed by atoms with Gasteiger partial charge in [0.25, 0.3) is 0 Å². The molecule has 0 saturated carbocycles. The molecular weight excluding hydrogens is 381 g/mol. The van der Waals surface area contributed by atoms with Crippen LogP contribution < -0.4 is 5.11 Å². The van der Waals surface area contributed by atoms with Crippen LogP contribution in [0.15, 0.2) is 85.5 Å². The molecule has 0 aliphatic carbocycles. The molecule has 0 spiro atoms. The Bertz CT molecular complexity index is 556. The number of benzene rings is 1. The van der Waals surface area contributed by atoms with Gasteiger partial charge in [-0.2, -0.15) is 0 Å². The van der Waals surface area contributed by atoms with Crippen molar-refractivity contribution in [2.45, 2.75) is 0 Å². The summed E-state index contributed by atoms with van der Waals surface area (Å²) in [6, 6.07) is 16.4. The number of nitrogens with zero attached hydrogens (tertiary/aromatic N) is 2. The number of hydrogen-bond donors (Lipinski definition) is 1. The predicted octanol–water partition coefficient (Wildman–Crippen LogP) is 3.31. The number of halogens is 1. The molecule has 3 aromatic rings. The summed E-state index contributed by atoms with van der Waals surface area (Å²) in [6.07, 6.45) is 7.00. The molecule has 3 rings (SSSR count). The zero-order valence-corrected chi connectivity index (χ0v) is 16.5. The van der Waals surface area contributed by atoms with Crippen LogP contribution in [0.4, 0.5) is 0 Å². The monoisotopic (exact) mass is 394 g/mol. The Kier molecular flexibility index (Phi) is 14.1. The predicted molar refractivity (Wildman–Crippen MR) is 87.2 cm³/mol. The van der Waals surface area contributed by atoms with Crippen LogP contribution in [0.5, 0.6) is 5.75 Å². The van der Waals surface area contributed by atoms with Crippen LogP contribution in [0.2, 0.25) is 0 Å². The molecule has 0 unspecified atom stereocenters. The van der Waals surface area contributed by atoms with E-state index >= 15 is 0 Å². The van der Waals surface area contributed by atoms with Gasteiger partial charge in [-0.15, -0.1) is 5.75 Å². The topological polar surface area (TPSA) is 86.1 Å². The molecule has 24 heavy (non-hydrogen) atoms. The van der Waals surface area contributed by atoms with E-state index in [-0.39, 0.29) is 11.3 Å².